The zero-order valence-corrected chi connectivity index (χ0v) is 16.5. The van der Waals surface area contributed by atoms with E-state index in [4.69, 9.17) is 0 Å². The number of nitrogens with zero attached hydrogens (tertiary/aromatic N) is 2. The first-order chi connectivity index (χ1) is 13.8. The summed E-state index contributed by atoms with van der Waals surface area (Å²) in [5.74, 6) is -1.63. The quantitative estimate of drug-likeness (QED) is 0.441. The Morgan fingerprint density at radius 1 is 1.14 bits per heavy atom. The van der Waals surface area contributed by atoms with E-state index in [1.54, 1.807) is 4.90 Å². The molecule has 0 bridgehead atoms. The molecule has 1 fully saturated rings. The molecule has 1 aromatic carbocycles. The number of β-amino-alcohol motifs (C(OH)–C–C–N with tert-alkyl or cyclic N) is 1. The minimum Gasteiger partial charge on any atom is -0.395 e. The Labute approximate surface area is 169 Å². The molecule has 0 unspecified atom stereocenters. The molecule has 0 saturated carbocycles. The molecule has 2 rings (SSSR count). The number of hydrogen-bond acceptors (Lipinski definition) is 6. The van der Waals surface area contributed by atoms with Crippen molar-refractivity contribution in [3.05, 3.63) is 29.8 Å². The van der Waals surface area contributed by atoms with Gasteiger partial charge in [-0.1, -0.05) is 12.8 Å². The third kappa shape index (κ3) is 6.16. The fourth-order valence-electron chi connectivity index (χ4n) is 3.71. The first-order valence-electron chi connectivity index (χ1n) is 9.88. The number of carbonyl (C=O) groups excluding carboxylic acids is 1. The summed E-state index contributed by atoms with van der Waals surface area (Å²) in [4.78, 5) is 14.8. The lowest BCUT2D eigenvalue weighted by molar-refractivity contribution is -0.145. The van der Waals surface area contributed by atoms with Crippen molar-refractivity contribution < 1.29 is 34.0 Å². The molecule has 4 N–H and O–H groups in total. The second-order valence-electron chi connectivity index (χ2n) is 7.47. The maximum atomic E-state index is 13.9. The van der Waals surface area contributed by atoms with Crippen molar-refractivity contribution in [3.8, 4) is 0 Å². The van der Waals surface area contributed by atoms with Crippen LogP contribution in [0.2, 0.25) is 0 Å². The smallest absolute Gasteiger partial charge is 0.223 e. The third-order valence-electron chi connectivity index (χ3n) is 5.37. The highest BCUT2D eigenvalue weighted by atomic mass is 19.1. The molecule has 1 aliphatic heterocycles. The van der Waals surface area contributed by atoms with Gasteiger partial charge < -0.3 is 25.3 Å². The van der Waals surface area contributed by atoms with Crippen molar-refractivity contribution >= 4 is 11.6 Å². The van der Waals surface area contributed by atoms with Crippen LogP contribution in [0.3, 0.4) is 0 Å². The molecule has 29 heavy (non-hydrogen) atoms. The van der Waals surface area contributed by atoms with Crippen molar-refractivity contribution in [2.75, 3.05) is 31.1 Å². The maximum Gasteiger partial charge on any atom is 0.223 e. The number of carbonyl (C=O) groups is 1. The minimum absolute atomic E-state index is 0.0712. The average molecular weight is 416 g/mol. The van der Waals surface area contributed by atoms with Crippen LogP contribution in [0, 0.1) is 11.6 Å². The number of anilines is 1. The van der Waals surface area contributed by atoms with E-state index in [2.05, 4.69) is 0 Å². The Balaban J connectivity index is 1.78. The van der Waals surface area contributed by atoms with E-state index < -0.39 is 36.0 Å². The van der Waals surface area contributed by atoms with Crippen molar-refractivity contribution in [2.24, 2.45) is 0 Å². The number of likely N-dealkylation sites (tertiary alicyclic amines) is 1. The lowest BCUT2D eigenvalue weighted by Gasteiger charge is -2.43. The van der Waals surface area contributed by atoms with Gasteiger partial charge in [-0.15, -0.1) is 0 Å². The Kier molecular flexibility index (Phi) is 8.91. The van der Waals surface area contributed by atoms with Gasteiger partial charge in [0.05, 0.1) is 24.4 Å². The van der Waals surface area contributed by atoms with Crippen LogP contribution in [0.5, 0.6) is 0 Å². The van der Waals surface area contributed by atoms with Crippen LogP contribution in [-0.4, -0.2) is 81.8 Å². The Morgan fingerprint density at radius 3 is 2.48 bits per heavy atom. The standard InChI is InChI=1S/C20H30F2N2O5/c1-13(26)24(16-10-14(21)6-7-15(16)22)9-5-3-2-4-8-23-11-18(27)20(29)19(28)17(23)12-25/h6-7,10,17-20,25,27-29H,2-5,8-9,11-12H2,1H3/t17-,18+,19-,20-/m1/s1. The summed E-state index contributed by atoms with van der Waals surface area (Å²) in [5, 5.41) is 38.9. The highest BCUT2D eigenvalue weighted by molar-refractivity contribution is 5.91. The average Bonchev–Trinajstić information content (AvgIpc) is 2.67. The normalized spacial score (nSPS) is 25.2. The molecular weight excluding hydrogens is 386 g/mol. The van der Waals surface area contributed by atoms with Crippen LogP contribution in [0.1, 0.15) is 32.6 Å². The summed E-state index contributed by atoms with van der Waals surface area (Å²) in [6.45, 7) is 1.95. The van der Waals surface area contributed by atoms with Gasteiger partial charge in [-0.2, -0.15) is 0 Å². The van der Waals surface area contributed by atoms with Gasteiger partial charge in [-0.3, -0.25) is 9.69 Å². The monoisotopic (exact) mass is 416 g/mol. The number of aliphatic hydroxyl groups is 4. The zero-order chi connectivity index (χ0) is 21.6. The molecule has 1 aliphatic rings. The van der Waals surface area contributed by atoms with Gasteiger partial charge in [0, 0.05) is 26.1 Å². The van der Waals surface area contributed by atoms with Gasteiger partial charge in [0.1, 0.15) is 23.8 Å². The van der Waals surface area contributed by atoms with Gasteiger partial charge in [0.15, 0.2) is 0 Å². The van der Waals surface area contributed by atoms with E-state index in [9.17, 15) is 34.0 Å². The molecular formula is C20H30F2N2O5. The van der Waals surface area contributed by atoms with E-state index in [0.717, 1.165) is 37.5 Å². The first kappa shape index (κ1) is 23.6. The minimum atomic E-state index is -1.27. The predicted molar refractivity (Wildman–Crippen MR) is 103 cm³/mol. The molecule has 164 valence electrons. The van der Waals surface area contributed by atoms with E-state index in [-0.39, 0.29) is 31.3 Å². The molecule has 7 nitrogen and oxygen atoms in total. The lowest BCUT2D eigenvalue weighted by Crippen LogP contribution is -2.62. The fraction of sp³-hybridized carbons (Fsp3) is 0.650. The molecule has 1 amide bonds. The molecule has 9 heteroatoms. The van der Waals surface area contributed by atoms with Crippen LogP contribution < -0.4 is 4.90 Å². The predicted octanol–water partition coefficient (Wildman–Crippen LogP) is 0.637. The molecule has 0 aromatic heterocycles. The lowest BCUT2D eigenvalue weighted by atomic mass is 9.94. The molecule has 0 radical (unpaired) electrons. The Morgan fingerprint density at radius 2 is 1.83 bits per heavy atom. The molecule has 0 spiro atoms. The van der Waals surface area contributed by atoms with Crippen molar-refractivity contribution in [2.45, 2.75) is 57.0 Å². The summed E-state index contributed by atoms with van der Waals surface area (Å²) < 4.78 is 27.3. The Hall–Kier alpha value is -1.65. The maximum absolute atomic E-state index is 13.9. The van der Waals surface area contributed by atoms with Crippen LogP contribution in [0.25, 0.3) is 0 Å². The second-order valence-corrected chi connectivity index (χ2v) is 7.47. The summed E-state index contributed by atoms with van der Waals surface area (Å²) in [6, 6.07) is 2.38. The molecule has 1 saturated heterocycles. The molecule has 0 aliphatic carbocycles. The number of unbranched alkanes of at least 4 members (excludes halogenated alkanes) is 3. The largest absolute Gasteiger partial charge is 0.395 e. The summed E-state index contributed by atoms with van der Waals surface area (Å²) in [7, 11) is 0. The molecule has 1 heterocycles. The number of piperidine rings is 1. The van der Waals surface area contributed by atoms with E-state index >= 15 is 0 Å². The van der Waals surface area contributed by atoms with Gasteiger partial charge >= 0.3 is 0 Å². The SMILES string of the molecule is CC(=O)N(CCCCCCN1C[C@H](O)[C@@H](O)[C@H](O)[C@H]1CO)c1cc(F)ccc1F. The van der Waals surface area contributed by atoms with Gasteiger partial charge in [0.25, 0.3) is 0 Å². The summed E-state index contributed by atoms with van der Waals surface area (Å²) in [6.07, 6.45) is -0.716. The molecule has 4 atom stereocenters. The van der Waals surface area contributed by atoms with Gasteiger partial charge in [-0.25, -0.2) is 8.78 Å². The number of amides is 1. The number of benzene rings is 1. The Bertz CT molecular complexity index is 678. The van der Waals surface area contributed by atoms with Gasteiger partial charge in [-0.05, 0) is 31.5 Å². The topological polar surface area (TPSA) is 104 Å². The summed E-state index contributed by atoms with van der Waals surface area (Å²) >= 11 is 0. The highest BCUT2D eigenvalue weighted by Gasteiger charge is 2.40. The van der Waals surface area contributed by atoms with E-state index in [1.165, 1.54) is 11.8 Å². The number of halogens is 2. The third-order valence-corrected chi connectivity index (χ3v) is 5.37. The fourth-order valence-corrected chi connectivity index (χ4v) is 3.71. The first-order valence-corrected chi connectivity index (χ1v) is 9.88. The summed E-state index contributed by atoms with van der Waals surface area (Å²) in [5.41, 5.74) is -0.0712. The molecule has 1 aromatic rings. The highest BCUT2D eigenvalue weighted by Crippen LogP contribution is 2.22. The van der Waals surface area contributed by atoms with E-state index in [0.29, 0.717) is 13.0 Å². The van der Waals surface area contributed by atoms with Crippen LogP contribution in [0.4, 0.5) is 14.5 Å². The number of aliphatic hydroxyl groups excluding tert-OH is 4. The number of rotatable bonds is 9. The van der Waals surface area contributed by atoms with Crippen molar-refractivity contribution in [1.82, 2.24) is 4.90 Å². The van der Waals surface area contributed by atoms with Crippen LogP contribution in [0.15, 0.2) is 18.2 Å². The zero-order valence-electron chi connectivity index (χ0n) is 16.5. The van der Waals surface area contributed by atoms with Crippen LogP contribution in [-0.2, 0) is 4.79 Å². The van der Waals surface area contributed by atoms with Crippen molar-refractivity contribution in [3.63, 3.8) is 0 Å². The van der Waals surface area contributed by atoms with Crippen molar-refractivity contribution in [1.29, 1.82) is 0 Å². The van der Waals surface area contributed by atoms with Gasteiger partial charge in [0.2, 0.25) is 5.91 Å². The van der Waals surface area contributed by atoms with E-state index in [1.807, 2.05) is 0 Å². The number of hydrogen-bond donors (Lipinski definition) is 4. The second kappa shape index (κ2) is 10.9. The van der Waals surface area contributed by atoms with Crippen LogP contribution >= 0.6 is 0 Å².